The topological polar surface area (TPSA) is 43.1 Å². The highest BCUT2D eigenvalue weighted by atomic mass is 35.5. The van der Waals surface area contributed by atoms with Gasteiger partial charge in [0, 0.05) is 15.8 Å². The highest BCUT2D eigenvalue weighted by Crippen LogP contribution is 2.19. The van der Waals surface area contributed by atoms with E-state index < -0.39 is 4.92 Å². The second-order valence-electron chi connectivity index (χ2n) is 2.17. The van der Waals surface area contributed by atoms with Gasteiger partial charge in [-0.05, 0) is 30.7 Å². The number of nitrogens with zero attached hydrogens (tertiary/aromatic N) is 1. The van der Waals surface area contributed by atoms with Crippen LogP contribution in [0.3, 0.4) is 0 Å². The van der Waals surface area contributed by atoms with Gasteiger partial charge in [0.05, 0.1) is 4.92 Å². The maximum absolute atomic E-state index is 10.1. The van der Waals surface area contributed by atoms with Crippen molar-refractivity contribution in [1.82, 2.24) is 0 Å². The van der Waals surface area contributed by atoms with Crippen LogP contribution in [0.15, 0.2) is 17.3 Å². The van der Waals surface area contributed by atoms with E-state index in [0.717, 1.165) is 9.75 Å². The fraction of sp³-hybridized carbons (Fsp3) is 0.143. The van der Waals surface area contributed by atoms with Gasteiger partial charge in [-0.1, -0.05) is 0 Å². The molecule has 0 aliphatic carbocycles. The van der Waals surface area contributed by atoms with Crippen LogP contribution in [0.2, 0.25) is 0 Å². The van der Waals surface area contributed by atoms with Gasteiger partial charge in [0.2, 0.25) is 0 Å². The minimum Gasteiger partial charge on any atom is -0.257 e. The Balaban J connectivity index is 2.87. The molecule has 3 nitrogen and oxygen atoms in total. The molecule has 5 heteroatoms. The monoisotopic (exact) mass is 203 g/mol. The lowest BCUT2D eigenvalue weighted by molar-refractivity contribution is -0.410. The molecule has 1 aromatic rings. The molecular weight excluding hydrogens is 198 g/mol. The van der Waals surface area contributed by atoms with Gasteiger partial charge in [0.15, 0.2) is 0 Å². The highest BCUT2D eigenvalue weighted by molar-refractivity contribution is 7.12. The predicted molar refractivity (Wildman–Crippen MR) is 49.9 cm³/mol. The number of thiophene rings is 1. The summed E-state index contributed by atoms with van der Waals surface area (Å²) in [6.45, 7) is 1.93. The Hall–Kier alpha value is -0.870. The van der Waals surface area contributed by atoms with Crippen LogP contribution in [0.25, 0.3) is 6.08 Å². The van der Waals surface area contributed by atoms with Crippen LogP contribution in [-0.2, 0) is 0 Å². The molecule has 0 aromatic carbocycles. The van der Waals surface area contributed by atoms with Gasteiger partial charge < -0.3 is 0 Å². The number of aryl methyl sites for hydroxylation is 1. The van der Waals surface area contributed by atoms with E-state index in [1.54, 1.807) is 6.07 Å². The molecule has 0 amide bonds. The van der Waals surface area contributed by atoms with E-state index >= 15 is 0 Å². The molecule has 0 saturated heterocycles. The summed E-state index contributed by atoms with van der Waals surface area (Å²) in [5, 5.41) is 9.77. The summed E-state index contributed by atoms with van der Waals surface area (Å²) in [5.74, 6) is 0. The minimum atomic E-state index is -0.614. The van der Waals surface area contributed by atoms with E-state index in [1.165, 1.54) is 17.4 Å². The standard InChI is InChI=1S/C7H6ClNO2S/c1-5-2-3-6(12-5)4-7(8)9(10)11/h2-4H,1H3/b7-4+. The summed E-state index contributed by atoms with van der Waals surface area (Å²) < 4.78 is 0. The third-order valence-electron chi connectivity index (χ3n) is 1.20. The SMILES string of the molecule is Cc1ccc(/C=C(\Cl)[N+](=O)[O-])s1. The number of hydrogen-bond donors (Lipinski definition) is 0. The van der Waals surface area contributed by atoms with E-state index in [1.807, 2.05) is 13.0 Å². The van der Waals surface area contributed by atoms with Gasteiger partial charge in [0.1, 0.15) is 0 Å². The second-order valence-corrected chi connectivity index (χ2v) is 3.88. The van der Waals surface area contributed by atoms with E-state index in [0.29, 0.717) is 0 Å². The number of rotatable bonds is 2. The van der Waals surface area contributed by atoms with Crippen LogP contribution in [0.5, 0.6) is 0 Å². The number of hydrogen-bond acceptors (Lipinski definition) is 3. The fourth-order valence-electron chi connectivity index (χ4n) is 0.701. The third-order valence-corrected chi connectivity index (χ3v) is 2.39. The summed E-state index contributed by atoms with van der Waals surface area (Å²) in [6.07, 6.45) is 1.35. The Morgan fingerprint density at radius 3 is 2.83 bits per heavy atom. The van der Waals surface area contributed by atoms with Crippen LogP contribution in [0, 0.1) is 17.0 Å². The molecule has 0 unspecified atom stereocenters. The fourth-order valence-corrected chi connectivity index (χ4v) is 1.70. The maximum Gasteiger partial charge on any atom is 0.338 e. The first-order chi connectivity index (χ1) is 5.59. The molecule has 0 atom stereocenters. The first kappa shape index (κ1) is 9.22. The van der Waals surface area contributed by atoms with Crippen molar-refractivity contribution in [2.45, 2.75) is 6.92 Å². The summed E-state index contributed by atoms with van der Waals surface area (Å²) in [5.41, 5.74) is 0. The lowest BCUT2D eigenvalue weighted by Crippen LogP contribution is -1.89. The molecule has 12 heavy (non-hydrogen) atoms. The van der Waals surface area contributed by atoms with Gasteiger partial charge in [-0.15, -0.1) is 11.3 Å². The molecule has 0 spiro atoms. The van der Waals surface area contributed by atoms with Crippen molar-refractivity contribution >= 4 is 29.0 Å². The zero-order valence-corrected chi connectivity index (χ0v) is 7.85. The normalized spacial score (nSPS) is 11.7. The van der Waals surface area contributed by atoms with Crippen molar-refractivity contribution in [3.05, 3.63) is 37.2 Å². The molecule has 1 heterocycles. The van der Waals surface area contributed by atoms with Gasteiger partial charge in [-0.2, -0.15) is 0 Å². The van der Waals surface area contributed by atoms with E-state index in [4.69, 9.17) is 11.6 Å². The maximum atomic E-state index is 10.1. The van der Waals surface area contributed by atoms with Crippen molar-refractivity contribution in [2.24, 2.45) is 0 Å². The Bertz CT molecular complexity index is 332. The predicted octanol–water partition coefficient (Wildman–Crippen LogP) is 2.87. The van der Waals surface area contributed by atoms with Gasteiger partial charge in [-0.25, -0.2) is 0 Å². The lowest BCUT2D eigenvalue weighted by atomic mass is 10.4. The second kappa shape index (κ2) is 3.69. The molecule has 0 N–H and O–H groups in total. The smallest absolute Gasteiger partial charge is 0.257 e. The van der Waals surface area contributed by atoms with E-state index in [2.05, 4.69) is 0 Å². The molecule has 0 saturated carbocycles. The van der Waals surface area contributed by atoms with Gasteiger partial charge in [-0.3, -0.25) is 10.1 Å². The van der Waals surface area contributed by atoms with E-state index in [9.17, 15) is 10.1 Å². The third kappa shape index (κ3) is 2.32. The number of halogens is 1. The molecule has 0 aliphatic heterocycles. The molecule has 0 radical (unpaired) electrons. The molecule has 1 rings (SSSR count). The van der Waals surface area contributed by atoms with Crippen LogP contribution < -0.4 is 0 Å². The van der Waals surface area contributed by atoms with Gasteiger partial charge >= 0.3 is 5.16 Å². The molecule has 64 valence electrons. The lowest BCUT2D eigenvalue weighted by Gasteiger charge is -1.84. The average molecular weight is 204 g/mol. The van der Waals surface area contributed by atoms with Crippen molar-refractivity contribution in [3.8, 4) is 0 Å². The van der Waals surface area contributed by atoms with Crippen LogP contribution in [0.1, 0.15) is 9.75 Å². The number of nitro groups is 1. The Morgan fingerprint density at radius 1 is 1.75 bits per heavy atom. The van der Waals surface area contributed by atoms with Crippen molar-refractivity contribution in [2.75, 3.05) is 0 Å². The van der Waals surface area contributed by atoms with E-state index in [-0.39, 0.29) is 5.16 Å². The average Bonchev–Trinajstić information content (AvgIpc) is 2.35. The quantitative estimate of drug-likeness (QED) is 0.422. The zero-order chi connectivity index (χ0) is 9.14. The summed E-state index contributed by atoms with van der Waals surface area (Å²) in [6, 6.07) is 3.69. The van der Waals surface area contributed by atoms with Crippen molar-refractivity contribution < 1.29 is 4.92 Å². The van der Waals surface area contributed by atoms with Crippen molar-refractivity contribution in [1.29, 1.82) is 0 Å². The molecular formula is C7H6ClNO2S. The molecule has 0 fully saturated rings. The summed E-state index contributed by atoms with van der Waals surface area (Å²) >= 11 is 6.80. The summed E-state index contributed by atoms with van der Waals surface area (Å²) in [4.78, 5) is 11.4. The van der Waals surface area contributed by atoms with Gasteiger partial charge in [0.25, 0.3) is 0 Å². The first-order valence-electron chi connectivity index (χ1n) is 3.17. The minimum absolute atomic E-state index is 0.350. The van der Waals surface area contributed by atoms with Crippen molar-refractivity contribution in [3.63, 3.8) is 0 Å². The molecule has 1 aromatic heterocycles. The Morgan fingerprint density at radius 2 is 2.42 bits per heavy atom. The van der Waals surface area contributed by atoms with Crippen LogP contribution in [-0.4, -0.2) is 4.92 Å². The van der Waals surface area contributed by atoms with Crippen LogP contribution in [0.4, 0.5) is 0 Å². The molecule has 0 aliphatic rings. The first-order valence-corrected chi connectivity index (χ1v) is 4.37. The largest absolute Gasteiger partial charge is 0.338 e. The zero-order valence-electron chi connectivity index (χ0n) is 6.28. The Labute approximate surface area is 78.4 Å². The molecule has 0 bridgehead atoms. The highest BCUT2D eigenvalue weighted by Gasteiger charge is 2.05. The summed E-state index contributed by atoms with van der Waals surface area (Å²) in [7, 11) is 0. The Kier molecular flexibility index (Phi) is 2.83. The van der Waals surface area contributed by atoms with Crippen LogP contribution >= 0.6 is 22.9 Å².